The Hall–Kier alpha value is -1.75. The molecule has 0 aromatic heterocycles. The van der Waals surface area contributed by atoms with Crippen LogP contribution < -0.4 is 11.1 Å². The molecule has 0 saturated carbocycles. The Morgan fingerprint density at radius 1 is 1.52 bits per heavy atom. The molecular formula is C15H20ClN3O2. The van der Waals surface area contributed by atoms with E-state index < -0.39 is 6.03 Å². The van der Waals surface area contributed by atoms with Crippen molar-refractivity contribution in [2.75, 3.05) is 13.1 Å². The highest BCUT2D eigenvalue weighted by Gasteiger charge is 2.27. The minimum Gasteiger partial charge on any atom is -0.351 e. The van der Waals surface area contributed by atoms with Gasteiger partial charge in [-0.1, -0.05) is 30.7 Å². The van der Waals surface area contributed by atoms with Gasteiger partial charge in [-0.2, -0.15) is 0 Å². The summed E-state index contributed by atoms with van der Waals surface area (Å²) in [6.45, 7) is 2.98. The van der Waals surface area contributed by atoms with E-state index in [0.717, 1.165) is 12.0 Å². The van der Waals surface area contributed by atoms with Crippen LogP contribution in [0.5, 0.6) is 0 Å². The van der Waals surface area contributed by atoms with Crippen molar-refractivity contribution in [3.63, 3.8) is 0 Å². The van der Waals surface area contributed by atoms with E-state index in [1.165, 1.54) is 0 Å². The lowest BCUT2D eigenvalue weighted by molar-refractivity contribution is -0.125. The summed E-state index contributed by atoms with van der Waals surface area (Å²) >= 11 is 5.94. The van der Waals surface area contributed by atoms with E-state index in [4.69, 9.17) is 17.3 Å². The Labute approximate surface area is 129 Å². The number of primary amides is 1. The summed E-state index contributed by atoms with van der Waals surface area (Å²) < 4.78 is 0. The van der Waals surface area contributed by atoms with Crippen molar-refractivity contribution >= 4 is 23.5 Å². The lowest BCUT2D eigenvalue weighted by Gasteiger charge is -2.17. The number of likely N-dealkylation sites (tertiary alicyclic amines) is 1. The highest BCUT2D eigenvalue weighted by Crippen LogP contribution is 2.15. The van der Waals surface area contributed by atoms with Gasteiger partial charge < -0.3 is 16.0 Å². The fourth-order valence-electron chi connectivity index (χ4n) is 2.53. The second-order valence-electron chi connectivity index (χ2n) is 5.51. The first-order chi connectivity index (χ1) is 9.95. The second-order valence-corrected chi connectivity index (χ2v) is 5.95. The van der Waals surface area contributed by atoms with Gasteiger partial charge in [0.15, 0.2) is 0 Å². The standard InChI is InChI=1S/C15H20ClN3O2/c1-10(7-11-3-2-4-12(16)8-11)14(20)18-13-5-6-19(9-13)15(17)21/h2-4,8,10,13H,5-7,9H2,1H3,(H2,17,21)(H,18,20). The highest BCUT2D eigenvalue weighted by atomic mass is 35.5. The molecule has 21 heavy (non-hydrogen) atoms. The van der Waals surface area contributed by atoms with Crippen LogP contribution in [0.15, 0.2) is 24.3 Å². The van der Waals surface area contributed by atoms with Crippen LogP contribution in [-0.4, -0.2) is 36.0 Å². The molecule has 0 radical (unpaired) electrons. The van der Waals surface area contributed by atoms with E-state index in [1.807, 2.05) is 31.2 Å². The van der Waals surface area contributed by atoms with Gasteiger partial charge in [0.05, 0.1) is 0 Å². The summed E-state index contributed by atoms with van der Waals surface area (Å²) in [7, 11) is 0. The van der Waals surface area contributed by atoms with Crippen LogP contribution in [0.3, 0.4) is 0 Å². The summed E-state index contributed by atoms with van der Waals surface area (Å²) in [5.41, 5.74) is 6.27. The molecule has 1 aromatic rings. The van der Waals surface area contributed by atoms with E-state index in [9.17, 15) is 9.59 Å². The summed E-state index contributed by atoms with van der Waals surface area (Å²) in [4.78, 5) is 24.8. The van der Waals surface area contributed by atoms with Crippen molar-refractivity contribution in [2.45, 2.75) is 25.8 Å². The second kappa shape index (κ2) is 6.80. The number of nitrogens with one attached hydrogen (secondary N) is 1. The molecule has 3 N–H and O–H groups in total. The van der Waals surface area contributed by atoms with Gasteiger partial charge in [-0.3, -0.25) is 4.79 Å². The zero-order valence-corrected chi connectivity index (χ0v) is 12.8. The first-order valence-corrected chi connectivity index (χ1v) is 7.42. The van der Waals surface area contributed by atoms with Crippen molar-refractivity contribution in [2.24, 2.45) is 11.7 Å². The Morgan fingerprint density at radius 2 is 2.29 bits per heavy atom. The zero-order valence-electron chi connectivity index (χ0n) is 12.0. The van der Waals surface area contributed by atoms with Gasteiger partial charge in [-0.15, -0.1) is 0 Å². The van der Waals surface area contributed by atoms with Crippen LogP contribution in [0.25, 0.3) is 0 Å². The largest absolute Gasteiger partial charge is 0.351 e. The van der Waals surface area contributed by atoms with Crippen molar-refractivity contribution in [3.05, 3.63) is 34.9 Å². The van der Waals surface area contributed by atoms with Gasteiger partial charge in [0.2, 0.25) is 5.91 Å². The molecule has 0 aliphatic carbocycles. The zero-order chi connectivity index (χ0) is 15.4. The van der Waals surface area contributed by atoms with Crippen molar-refractivity contribution in [1.29, 1.82) is 0 Å². The maximum absolute atomic E-state index is 12.2. The molecule has 3 amide bonds. The Balaban J connectivity index is 1.84. The van der Waals surface area contributed by atoms with Crippen LogP contribution in [-0.2, 0) is 11.2 Å². The average molecular weight is 310 g/mol. The molecule has 114 valence electrons. The number of halogens is 1. The van der Waals surface area contributed by atoms with Gasteiger partial charge in [0, 0.05) is 30.1 Å². The molecule has 1 fully saturated rings. The molecule has 1 aliphatic heterocycles. The molecule has 1 aromatic carbocycles. The Morgan fingerprint density at radius 3 is 2.90 bits per heavy atom. The third-order valence-electron chi connectivity index (χ3n) is 3.72. The van der Waals surface area contributed by atoms with E-state index >= 15 is 0 Å². The molecule has 2 rings (SSSR count). The van der Waals surface area contributed by atoms with E-state index in [2.05, 4.69) is 5.32 Å². The van der Waals surface area contributed by atoms with Crippen LogP contribution in [0.2, 0.25) is 5.02 Å². The molecule has 1 aliphatic rings. The van der Waals surface area contributed by atoms with Gasteiger partial charge in [-0.25, -0.2) is 4.79 Å². The molecule has 0 bridgehead atoms. The first kappa shape index (κ1) is 15.6. The molecule has 2 unspecified atom stereocenters. The minimum absolute atomic E-state index is 0.00758. The number of hydrogen-bond acceptors (Lipinski definition) is 2. The lowest BCUT2D eigenvalue weighted by Crippen LogP contribution is -2.42. The topological polar surface area (TPSA) is 75.4 Å². The summed E-state index contributed by atoms with van der Waals surface area (Å²) in [6, 6.07) is 7.08. The maximum atomic E-state index is 12.2. The summed E-state index contributed by atoms with van der Waals surface area (Å²) in [6.07, 6.45) is 1.39. The quantitative estimate of drug-likeness (QED) is 0.889. The Kier molecular flexibility index (Phi) is 5.07. The van der Waals surface area contributed by atoms with Gasteiger partial charge in [0.25, 0.3) is 0 Å². The van der Waals surface area contributed by atoms with Crippen LogP contribution in [0.4, 0.5) is 4.79 Å². The number of carbonyl (C=O) groups is 2. The number of hydrogen-bond donors (Lipinski definition) is 2. The number of nitrogens with two attached hydrogens (primary N) is 1. The fraction of sp³-hybridized carbons (Fsp3) is 0.467. The van der Waals surface area contributed by atoms with Crippen molar-refractivity contribution in [1.82, 2.24) is 10.2 Å². The third-order valence-corrected chi connectivity index (χ3v) is 3.96. The van der Waals surface area contributed by atoms with Crippen molar-refractivity contribution < 1.29 is 9.59 Å². The third kappa shape index (κ3) is 4.36. The van der Waals surface area contributed by atoms with Gasteiger partial charge in [-0.05, 0) is 30.5 Å². The van der Waals surface area contributed by atoms with Crippen LogP contribution >= 0.6 is 11.6 Å². The van der Waals surface area contributed by atoms with Gasteiger partial charge >= 0.3 is 6.03 Å². The molecule has 0 spiro atoms. The maximum Gasteiger partial charge on any atom is 0.314 e. The molecule has 1 saturated heterocycles. The normalized spacial score (nSPS) is 19.3. The van der Waals surface area contributed by atoms with E-state index in [-0.39, 0.29) is 17.9 Å². The number of nitrogens with zero attached hydrogens (tertiary/aromatic N) is 1. The molecule has 6 heteroatoms. The summed E-state index contributed by atoms with van der Waals surface area (Å²) in [5, 5.41) is 3.65. The number of benzene rings is 1. The van der Waals surface area contributed by atoms with Gasteiger partial charge in [0.1, 0.15) is 0 Å². The SMILES string of the molecule is CC(Cc1cccc(Cl)c1)C(=O)NC1CCN(C(N)=O)C1. The molecule has 1 heterocycles. The number of rotatable bonds is 4. The molecule has 2 atom stereocenters. The monoisotopic (exact) mass is 309 g/mol. The number of urea groups is 1. The average Bonchev–Trinajstić information content (AvgIpc) is 2.87. The summed E-state index contributed by atoms with van der Waals surface area (Å²) in [5.74, 6) is -0.155. The van der Waals surface area contributed by atoms with Crippen molar-refractivity contribution in [3.8, 4) is 0 Å². The predicted molar refractivity (Wildman–Crippen MR) is 82.0 cm³/mol. The van der Waals surface area contributed by atoms with E-state index in [1.54, 1.807) is 4.90 Å². The molecular weight excluding hydrogens is 290 g/mol. The molecule has 5 nitrogen and oxygen atoms in total. The number of amides is 3. The van der Waals surface area contributed by atoms with Crippen LogP contribution in [0, 0.1) is 5.92 Å². The van der Waals surface area contributed by atoms with E-state index in [0.29, 0.717) is 24.5 Å². The fourth-order valence-corrected chi connectivity index (χ4v) is 2.74. The Bertz CT molecular complexity index is 535. The number of carbonyl (C=O) groups excluding carboxylic acids is 2. The predicted octanol–water partition coefficient (Wildman–Crippen LogP) is 1.79. The minimum atomic E-state index is -0.432. The smallest absolute Gasteiger partial charge is 0.314 e. The first-order valence-electron chi connectivity index (χ1n) is 7.05. The highest BCUT2D eigenvalue weighted by molar-refractivity contribution is 6.30. The lowest BCUT2D eigenvalue weighted by atomic mass is 10.00. The van der Waals surface area contributed by atoms with Crippen LogP contribution in [0.1, 0.15) is 18.9 Å².